The predicted octanol–water partition coefficient (Wildman–Crippen LogP) is 4.90. The fourth-order valence-electron chi connectivity index (χ4n) is 4.85. The molecule has 1 nitrogen and oxygen atoms in total. The van der Waals surface area contributed by atoms with Crippen molar-refractivity contribution in [3.05, 3.63) is 35.4 Å². The van der Waals surface area contributed by atoms with Crippen LogP contribution in [0, 0.1) is 24.7 Å². The second-order valence-corrected chi connectivity index (χ2v) is 7.43. The first kappa shape index (κ1) is 15.1. The van der Waals surface area contributed by atoms with E-state index in [0.717, 1.165) is 30.8 Å². The van der Waals surface area contributed by atoms with Crippen LogP contribution in [-0.4, -0.2) is 13.1 Å². The van der Waals surface area contributed by atoms with Crippen LogP contribution in [0.25, 0.3) is 0 Å². The second kappa shape index (κ2) is 6.96. The molecule has 2 aliphatic rings. The first-order chi connectivity index (χ1) is 10.3. The zero-order chi connectivity index (χ0) is 14.7. The normalized spacial score (nSPS) is 29.0. The van der Waals surface area contributed by atoms with Crippen LogP contribution in [0.1, 0.15) is 62.5 Å². The van der Waals surface area contributed by atoms with Crippen molar-refractivity contribution in [2.75, 3.05) is 13.1 Å². The molecule has 0 amide bonds. The molecule has 4 atom stereocenters. The number of nitrogens with one attached hydrogen (secondary N) is 1. The highest BCUT2D eigenvalue weighted by molar-refractivity contribution is 5.29. The minimum atomic E-state index is 0.710. The summed E-state index contributed by atoms with van der Waals surface area (Å²) in [5.41, 5.74) is 3.06. The summed E-state index contributed by atoms with van der Waals surface area (Å²) in [7, 11) is 0. The third-order valence-electron chi connectivity index (χ3n) is 5.92. The zero-order valence-electron chi connectivity index (χ0n) is 13.8. The fraction of sp³-hybridized carbons (Fsp3) is 0.700. The van der Waals surface area contributed by atoms with E-state index in [1.165, 1.54) is 44.1 Å². The number of rotatable bonds is 7. The molecule has 2 bridgehead atoms. The average molecular weight is 285 g/mol. The molecule has 21 heavy (non-hydrogen) atoms. The highest BCUT2D eigenvalue weighted by Crippen LogP contribution is 2.51. The number of benzene rings is 1. The second-order valence-electron chi connectivity index (χ2n) is 7.43. The summed E-state index contributed by atoms with van der Waals surface area (Å²) < 4.78 is 0. The van der Waals surface area contributed by atoms with Crippen molar-refractivity contribution in [2.24, 2.45) is 17.8 Å². The van der Waals surface area contributed by atoms with Crippen molar-refractivity contribution in [1.82, 2.24) is 5.32 Å². The number of hydrogen-bond acceptors (Lipinski definition) is 1. The quantitative estimate of drug-likeness (QED) is 0.702. The molecule has 2 saturated carbocycles. The summed E-state index contributed by atoms with van der Waals surface area (Å²) in [6.07, 6.45) is 8.72. The van der Waals surface area contributed by atoms with Crippen molar-refractivity contribution >= 4 is 0 Å². The van der Waals surface area contributed by atoms with E-state index in [1.54, 1.807) is 5.56 Å². The van der Waals surface area contributed by atoms with E-state index in [-0.39, 0.29) is 0 Å². The van der Waals surface area contributed by atoms with E-state index < -0.39 is 0 Å². The first-order valence-corrected chi connectivity index (χ1v) is 9.04. The Hall–Kier alpha value is -0.820. The lowest BCUT2D eigenvalue weighted by Gasteiger charge is -2.28. The summed E-state index contributed by atoms with van der Waals surface area (Å²) >= 11 is 0. The molecule has 0 radical (unpaired) electrons. The fourth-order valence-corrected chi connectivity index (χ4v) is 4.85. The molecule has 2 aliphatic carbocycles. The van der Waals surface area contributed by atoms with Gasteiger partial charge in [0.15, 0.2) is 0 Å². The van der Waals surface area contributed by atoms with Gasteiger partial charge in [-0.3, -0.25) is 0 Å². The van der Waals surface area contributed by atoms with Crippen LogP contribution in [-0.2, 0) is 0 Å². The summed E-state index contributed by atoms with van der Waals surface area (Å²) in [5.74, 6) is 3.83. The SMILES string of the molecule is CCCNCC(CC1CC2CCC1C2)c1ccccc1C. The van der Waals surface area contributed by atoms with Gasteiger partial charge in [-0.05, 0) is 80.4 Å². The van der Waals surface area contributed by atoms with Crippen LogP contribution < -0.4 is 5.32 Å². The van der Waals surface area contributed by atoms with Crippen LogP contribution in [0.3, 0.4) is 0 Å². The standard InChI is InChI=1S/C20H31N/c1-3-10-21-14-19(20-7-5-4-6-15(20)2)13-18-12-16-8-9-17(18)11-16/h4-7,16-19,21H,3,8-14H2,1-2H3. The van der Waals surface area contributed by atoms with Crippen molar-refractivity contribution in [1.29, 1.82) is 0 Å². The maximum atomic E-state index is 3.68. The molecular formula is C20H31N. The molecule has 1 aromatic carbocycles. The highest BCUT2D eigenvalue weighted by Gasteiger charge is 2.40. The average Bonchev–Trinajstić information content (AvgIpc) is 3.10. The van der Waals surface area contributed by atoms with Crippen LogP contribution in [0.2, 0.25) is 0 Å². The molecule has 0 saturated heterocycles. The first-order valence-electron chi connectivity index (χ1n) is 9.04. The highest BCUT2D eigenvalue weighted by atomic mass is 14.9. The van der Waals surface area contributed by atoms with Gasteiger partial charge in [-0.25, -0.2) is 0 Å². The summed E-state index contributed by atoms with van der Waals surface area (Å²) in [6.45, 7) is 6.85. The van der Waals surface area contributed by atoms with Gasteiger partial charge < -0.3 is 5.32 Å². The lowest BCUT2D eigenvalue weighted by Crippen LogP contribution is -2.25. The van der Waals surface area contributed by atoms with Crippen LogP contribution in [0.4, 0.5) is 0 Å². The number of hydrogen-bond donors (Lipinski definition) is 1. The van der Waals surface area contributed by atoms with Crippen LogP contribution >= 0.6 is 0 Å². The Labute approximate surface area is 130 Å². The largest absolute Gasteiger partial charge is 0.316 e. The minimum absolute atomic E-state index is 0.710. The molecular weight excluding hydrogens is 254 g/mol. The monoisotopic (exact) mass is 285 g/mol. The molecule has 4 unspecified atom stereocenters. The molecule has 1 heteroatoms. The summed E-state index contributed by atoms with van der Waals surface area (Å²) in [5, 5.41) is 3.68. The molecule has 0 aromatic heterocycles. The molecule has 0 heterocycles. The lowest BCUT2D eigenvalue weighted by molar-refractivity contribution is 0.291. The molecule has 116 valence electrons. The third kappa shape index (κ3) is 3.51. The molecule has 0 spiro atoms. The van der Waals surface area contributed by atoms with Crippen molar-refractivity contribution in [2.45, 2.75) is 58.3 Å². The van der Waals surface area contributed by atoms with E-state index >= 15 is 0 Å². The van der Waals surface area contributed by atoms with E-state index in [4.69, 9.17) is 0 Å². The molecule has 0 aliphatic heterocycles. The summed E-state index contributed by atoms with van der Waals surface area (Å²) in [6, 6.07) is 9.03. The van der Waals surface area contributed by atoms with Crippen LogP contribution in [0.15, 0.2) is 24.3 Å². The third-order valence-corrected chi connectivity index (χ3v) is 5.92. The van der Waals surface area contributed by atoms with Crippen molar-refractivity contribution < 1.29 is 0 Å². The van der Waals surface area contributed by atoms with Gasteiger partial charge in [-0.2, -0.15) is 0 Å². The molecule has 1 N–H and O–H groups in total. The molecule has 2 fully saturated rings. The van der Waals surface area contributed by atoms with E-state index in [1.807, 2.05) is 0 Å². The van der Waals surface area contributed by atoms with Crippen LogP contribution in [0.5, 0.6) is 0 Å². The Kier molecular flexibility index (Phi) is 5.00. The van der Waals surface area contributed by atoms with Gasteiger partial charge in [0.05, 0.1) is 0 Å². The van der Waals surface area contributed by atoms with E-state index in [0.29, 0.717) is 5.92 Å². The Morgan fingerprint density at radius 1 is 1.19 bits per heavy atom. The Morgan fingerprint density at radius 2 is 2.05 bits per heavy atom. The van der Waals surface area contributed by atoms with E-state index in [9.17, 15) is 0 Å². The van der Waals surface area contributed by atoms with Gasteiger partial charge >= 0.3 is 0 Å². The van der Waals surface area contributed by atoms with Gasteiger partial charge in [0, 0.05) is 6.54 Å². The summed E-state index contributed by atoms with van der Waals surface area (Å²) in [4.78, 5) is 0. The maximum Gasteiger partial charge on any atom is 0.00203 e. The smallest absolute Gasteiger partial charge is 0.00203 e. The zero-order valence-corrected chi connectivity index (χ0v) is 13.8. The van der Waals surface area contributed by atoms with Gasteiger partial charge in [0.1, 0.15) is 0 Å². The lowest BCUT2D eigenvalue weighted by atomic mass is 9.79. The van der Waals surface area contributed by atoms with E-state index in [2.05, 4.69) is 43.4 Å². The van der Waals surface area contributed by atoms with Crippen molar-refractivity contribution in [3.63, 3.8) is 0 Å². The van der Waals surface area contributed by atoms with Crippen molar-refractivity contribution in [3.8, 4) is 0 Å². The van der Waals surface area contributed by atoms with Gasteiger partial charge in [0.2, 0.25) is 0 Å². The van der Waals surface area contributed by atoms with Gasteiger partial charge in [-0.1, -0.05) is 37.6 Å². The number of aryl methyl sites for hydroxylation is 1. The Balaban J connectivity index is 1.68. The number of fused-ring (bicyclic) bond motifs is 2. The molecule has 3 rings (SSSR count). The Morgan fingerprint density at radius 3 is 2.71 bits per heavy atom. The molecule has 1 aromatic rings. The maximum absolute atomic E-state index is 3.68. The Bertz CT molecular complexity index is 453. The van der Waals surface area contributed by atoms with Gasteiger partial charge in [-0.15, -0.1) is 0 Å². The topological polar surface area (TPSA) is 12.0 Å². The minimum Gasteiger partial charge on any atom is -0.316 e. The van der Waals surface area contributed by atoms with Gasteiger partial charge in [0.25, 0.3) is 0 Å². The predicted molar refractivity (Wildman–Crippen MR) is 90.6 cm³/mol.